The van der Waals surface area contributed by atoms with Crippen LogP contribution in [0.2, 0.25) is 0 Å². The van der Waals surface area contributed by atoms with Crippen molar-refractivity contribution in [3.8, 4) is 0 Å². The number of piperidine rings is 1. The second-order valence-electron chi connectivity index (χ2n) is 7.68. The van der Waals surface area contributed by atoms with E-state index in [-0.39, 0.29) is 42.6 Å². The summed E-state index contributed by atoms with van der Waals surface area (Å²) in [7, 11) is 1.76. The van der Waals surface area contributed by atoms with Crippen LogP contribution >= 0.6 is 11.3 Å². The van der Waals surface area contributed by atoms with E-state index in [0.717, 1.165) is 16.6 Å². The van der Waals surface area contributed by atoms with Gasteiger partial charge in [-0.05, 0) is 31.0 Å². The summed E-state index contributed by atoms with van der Waals surface area (Å²) in [5.74, 6) is -0.525. The maximum atomic E-state index is 12.5. The second-order valence-corrected chi connectivity index (χ2v) is 8.71. The van der Waals surface area contributed by atoms with Gasteiger partial charge in [-0.2, -0.15) is 0 Å². The van der Waals surface area contributed by atoms with Gasteiger partial charge < -0.3 is 25.6 Å². The topological polar surface area (TPSA) is 113 Å². The third kappa shape index (κ3) is 4.88. The predicted octanol–water partition coefficient (Wildman–Crippen LogP) is 1.42. The molecule has 0 bridgehead atoms. The van der Waals surface area contributed by atoms with Gasteiger partial charge in [-0.3, -0.25) is 14.4 Å². The summed E-state index contributed by atoms with van der Waals surface area (Å²) < 4.78 is 6.16. The molecule has 3 amide bonds. The molecule has 10 heteroatoms. The highest BCUT2D eigenvalue weighted by Crippen LogP contribution is 2.29. The second kappa shape index (κ2) is 8.97. The lowest BCUT2D eigenvalue weighted by atomic mass is 9.95. The number of benzene rings is 1. The number of carbonyl (C=O) groups excluding carboxylic acids is 3. The lowest BCUT2D eigenvalue weighted by Gasteiger charge is -2.27. The summed E-state index contributed by atoms with van der Waals surface area (Å²) in [6, 6.07) is 5.58. The Morgan fingerprint density at radius 3 is 2.97 bits per heavy atom. The fourth-order valence-corrected chi connectivity index (χ4v) is 4.47. The molecule has 30 heavy (non-hydrogen) atoms. The van der Waals surface area contributed by atoms with Crippen molar-refractivity contribution in [3.63, 3.8) is 0 Å². The van der Waals surface area contributed by atoms with E-state index in [1.165, 1.54) is 11.3 Å². The number of anilines is 2. The highest BCUT2D eigenvalue weighted by atomic mass is 32.1. The van der Waals surface area contributed by atoms with Crippen molar-refractivity contribution < 1.29 is 19.1 Å². The number of nitrogens with zero attached hydrogens (tertiary/aromatic N) is 2. The number of hydrogen-bond donors (Lipinski definition) is 3. The molecule has 2 aliphatic rings. The first-order chi connectivity index (χ1) is 14.5. The minimum Gasteiger partial charge on any atom is -0.379 e. The maximum Gasteiger partial charge on any atom is 0.239 e. The smallest absolute Gasteiger partial charge is 0.239 e. The Bertz CT molecular complexity index is 956. The number of likely N-dealkylation sites (tertiary alicyclic amines) is 1. The van der Waals surface area contributed by atoms with Crippen LogP contribution in [0.3, 0.4) is 0 Å². The van der Waals surface area contributed by atoms with Gasteiger partial charge in [0.25, 0.3) is 0 Å². The van der Waals surface area contributed by atoms with Gasteiger partial charge in [0.2, 0.25) is 17.7 Å². The molecule has 0 spiro atoms. The standard InChI is InChI=1S/C20H25N5O4S/c1-25-6-4-12(8-18(25)27)19(28)23-13-2-3-15-16(9-13)30-20(24-15)21-10-17(26)22-14-5-7-29-11-14/h2-3,9,12,14H,4-8,10-11H2,1H3,(H,21,24)(H,22,26)(H,23,28). The van der Waals surface area contributed by atoms with Crippen LogP contribution in [0.25, 0.3) is 10.2 Å². The van der Waals surface area contributed by atoms with E-state index < -0.39 is 0 Å². The van der Waals surface area contributed by atoms with Crippen LogP contribution in [-0.4, -0.2) is 67.0 Å². The Morgan fingerprint density at radius 2 is 2.20 bits per heavy atom. The number of aromatic nitrogens is 1. The van der Waals surface area contributed by atoms with Gasteiger partial charge in [0.1, 0.15) is 0 Å². The molecule has 2 fully saturated rings. The van der Waals surface area contributed by atoms with E-state index in [4.69, 9.17) is 4.74 Å². The number of ether oxygens (including phenoxy) is 1. The first-order valence-electron chi connectivity index (χ1n) is 10.0. The van der Waals surface area contributed by atoms with Gasteiger partial charge in [-0.25, -0.2) is 4.98 Å². The van der Waals surface area contributed by atoms with E-state index in [1.807, 2.05) is 12.1 Å². The molecule has 3 N–H and O–H groups in total. The number of rotatable bonds is 6. The van der Waals surface area contributed by atoms with Crippen LogP contribution in [0.1, 0.15) is 19.3 Å². The summed E-state index contributed by atoms with van der Waals surface area (Å²) >= 11 is 1.42. The van der Waals surface area contributed by atoms with E-state index in [0.29, 0.717) is 37.0 Å². The maximum absolute atomic E-state index is 12.5. The summed E-state index contributed by atoms with van der Waals surface area (Å²) in [6.07, 6.45) is 1.75. The average Bonchev–Trinajstić information content (AvgIpc) is 3.37. The molecule has 2 aromatic rings. The first-order valence-corrected chi connectivity index (χ1v) is 10.9. The minimum absolute atomic E-state index is 0.000445. The van der Waals surface area contributed by atoms with Gasteiger partial charge in [-0.15, -0.1) is 0 Å². The van der Waals surface area contributed by atoms with Gasteiger partial charge in [0.05, 0.1) is 29.4 Å². The molecule has 9 nitrogen and oxygen atoms in total. The van der Waals surface area contributed by atoms with E-state index >= 15 is 0 Å². The Labute approximate surface area is 178 Å². The molecule has 0 radical (unpaired) electrons. The number of thiazole rings is 1. The molecule has 0 saturated carbocycles. The number of amides is 3. The van der Waals surface area contributed by atoms with Crippen molar-refractivity contribution in [2.45, 2.75) is 25.3 Å². The first kappa shape index (κ1) is 20.5. The van der Waals surface area contributed by atoms with Crippen LogP contribution in [0.15, 0.2) is 18.2 Å². The Balaban J connectivity index is 1.33. The highest BCUT2D eigenvalue weighted by Gasteiger charge is 2.28. The quantitative estimate of drug-likeness (QED) is 0.638. The van der Waals surface area contributed by atoms with Crippen molar-refractivity contribution in [1.29, 1.82) is 0 Å². The van der Waals surface area contributed by atoms with Gasteiger partial charge in [-0.1, -0.05) is 11.3 Å². The number of fused-ring (bicyclic) bond motifs is 1. The third-order valence-corrected chi connectivity index (χ3v) is 6.36. The zero-order valence-corrected chi connectivity index (χ0v) is 17.6. The third-order valence-electron chi connectivity index (χ3n) is 5.38. The molecule has 0 aliphatic carbocycles. The largest absolute Gasteiger partial charge is 0.379 e. The van der Waals surface area contributed by atoms with Crippen molar-refractivity contribution in [3.05, 3.63) is 18.2 Å². The molecule has 1 aromatic heterocycles. The lowest BCUT2D eigenvalue weighted by molar-refractivity contribution is -0.137. The fraction of sp³-hybridized carbons (Fsp3) is 0.500. The highest BCUT2D eigenvalue weighted by molar-refractivity contribution is 7.22. The molecular formula is C20H25N5O4S. The van der Waals surface area contributed by atoms with E-state index in [1.54, 1.807) is 18.0 Å². The number of nitrogens with one attached hydrogen (secondary N) is 3. The summed E-state index contributed by atoms with van der Waals surface area (Å²) in [6.45, 7) is 1.99. The fourth-order valence-electron chi connectivity index (χ4n) is 3.57. The molecular weight excluding hydrogens is 406 g/mol. The normalized spacial score (nSPS) is 21.6. The zero-order chi connectivity index (χ0) is 21.1. The van der Waals surface area contributed by atoms with E-state index in [9.17, 15) is 14.4 Å². The molecule has 4 rings (SSSR count). The lowest BCUT2D eigenvalue weighted by Crippen LogP contribution is -2.39. The Kier molecular flexibility index (Phi) is 6.14. The molecule has 160 valence electrons. The molecule has 2 aliphatic heterocycles. The summed E-state index contributed by atoms with van der Waals surface area (Å²) in [4.78, 5) is 42.5. The van der Waals surface area contributed by atoms with E-state index in [2.05, 4.69) is 20.9 Å². The number of hydrogen-bond acceptors (Lipinski definition) is 7. The van der Waals surface area contributed by atoms with Crippen LogP contribution in [0, 0.1) is 5.92 Å². The van der Waals surface area contributed by atoms with Crippen LogP contribution < -0.4 is 16.0 Å². The van der Waals surface area contributed by atoms with Gasteiger partial charge in [0.15, 0.2) is 5.13 Å². The zero-order valence-electron chi connectivity index (χ0n) is 16.8. The molecule has 2 unspecified atom stereocenters. The molecule has 1 aromatic carbocycles. The molecule has 2 saturated heterocycles. The SMILES string of the molecule is CN1CCC(C(=O)Nc2ccc3nc(NCC(=O)NC4CCOC4)sc3c2)CC1=O. The van der Waals surface area contributed by atoms with Crippen molar-refractivity contribution >= 4 is 50.1 Å². The molecule has 2 atom stereocenters. The number of carbonyl (C=O) groups is 3. The van der Waals surface area contributed by atoms with Gasteiger partial charge in [0, 0.05) is 38.2 Å². The average molecular weight is 432 g/mol. The van der Waals surface area contributed by atoms with Crippen molar-refractivity contribution in [2.75, 3.05) is 44.0 Å². The predicted molar refractivity (Wildman–Crippen MR) is 114 cm³/mol. The van der Waals surface area contributed by atoms with Crippen LogP contribution in [-0.2, 0) is 19.1 Å². The minimum atomic E-state index is -0.299. The Morgan fingerprint density at radius 1 is 1.33 bits per heavy atom. The monoisotopic (exact) mass is 431 g/mol. The Hall–Kier alpha value is -2.72. The van der Waals surface area contributed by atoms with Crippen molar-refractivity contribution in [1.82, 2.24) is 15.2 Å². The van der Waals surface area contributed by atoms with Crippen molar-refractivity contribution in [2.24, 2.45) is 5.92 Å². The summed E-state index contributed by atoms with van der Waals surface area (Å²) in [5, 5.41) is 9.54. The summed E-state index contributed by atoms with van der Waals surface area (Å²) in [5.41, 5.74) is 1.47. The van der Waals surface area contributed by atoms with Gasteiger partial charge >= 0.3 is 0 Å². The van der Waals surface area contributed by atoms with Crippen LogP contribution in [0.5, 0.6) is 0 Å². The van der Waals surface area contributed by atoms with Crippen LogP contribution in [0.4, 0.5) is 10.8 Å². The molecule has 3 heterocycles.